The summed E-state index contributed by atoms with van der Waals surface area (Å²) in [5, 5.41) is 0. The maximum Gasteiger partial charge on any atom is 0.0349 e. The number of nitrogens with two attached hydrogens (primary N) is 1. The maximum absolute atomic E-state index is 5.99. The van der Waals surface area contributed by atoms with Gasteiger partial charge in [0.25, 0.3) is 0 Å². The van der Waals surface area contributed by atoms with Gasteiger partial charge < -0.3 is 5.73 Å². The van der Waals surface area contributed by atoms with Crippen molar-refractivity contribution in [3.63, 3.8) is 0 Å². The van der Waals surface area contributed by atoms with Gasteiger partial charge in [-0.3, -0.25) is 0 Å². The highest BCUT2D eigenvalue weighted by atomic mass is 14.6. The standard InChI is InChI=1S/C14H23N/c1-4-5-6-7-12(3)13-10-11(2)8-9-14(13)15/h8-10,12H,4-7,15H2,1-3H3. The second kappa shape index (κ2) is 5.79. The Morgan fingerprint density at radius 2 is 2.00 bits per heavy atom. The number of rotatable bonds is 5. The van der Waals surface area contributed by atoms with Crippen molar-refractivity contribution in [3.8, 4) is 0 Å². The van der Waals surface area contributed by atoms with Gasteiger partial charge in [-0.25, -0.2) is 0 Å². The number of benzene rings is 1. The Morgan fingerprint density at radius 3 is 2.67 bits per heavy atom. The normalized spacial score (nSPS) is 12.7. The molecule has 0 amide bonds. The molecule has 1 rings (SSSR count). The lowest BCUT2D eigenvalue weighted by molar-refractivity contribution is 0.599. The average molecular weight is 205 g/mol. The molecule has 1 nitrogen and oxygen atoms in total. The second-order valence-corrected chi connectivity index (χ2v) is 4.53. The molecule has 1 unspecified atom stereocenters. The van der Waals surface area contributed by atoms with Crippen LogP contribution in [-0.4, -0.2) is 0 Å². The monoisotopic (exact) mass is 205 g/mol. The summed E-state index contributed by atoms with van der Waals surface area (Å²) >= 11 is 0. The van der Waals surface area contributed by atoms with Crippen LogP contribution in [0.1, 0.15) is 56.6 Å². The molecular weight excluding hydrogens is 182 g/mol. The average Bonchev–Trinajstić information content (AvgIpc) is 2.22. The molecule has 0 saturated heterocycles. The van der Waals surface area contributed by atoms with Crippen LogP contribution in [0.2, 0.25) is 0 Å². The highest BCUT2D eigenvalue weighted by molar-refractivity contribution is 5.50. The van der Waals surface area contributed by atoms with E-state index in [4.69, 9.17) is 5.73 Å². The van der Waals surface area contributed by atoms with E-state index in [1.807, 2.05) is 6.07 Å². The van der Waals surface area contributed by atoms with E-state index in [-0.39, 0.29) is 0 Å². The number of hydrogen-bond acceptors (Lipinski definition) is 1. The van der Waals surface area contributed by atoms with Crippen LogP contribution in [0.25, 0.3) is 0 Å². The Labute approximate surface area is 93.7 Å². The van der Waals surface area contributed by atoms with Crippen molar-refractivity contribution >= 4 is 5.69 Å². The molecular formula is C14H23N. The molecule has 0 aliphatic heterocycles. The molecule has 0 saturated carbocycles. The molecule has 15 heavy (non-hydrogen) atoms. The van der Waals surface area contributed by atoms with Crippen LogP contribution < -0.4 is 5.73 Å². The third-order valence-corrected chi connectivity index (χ3v) is 3.01. The van der Waals surface area contributed by atoms with E-state index >= 15 is 0 Å². The summed E-state index contributed by atoms with van der Waals surface area (Å²) in [7, 11) is 0. The van der Waals surface area contributed by atoms with Crippen molar-refractivity contribution in [2.75, 3.05) is 5.73 Å². The summed E-state index contributed by atoms with van der Waals surface area (Å²) in [6.45, 7) is 6.65. The van der Waals surface area contributed by atoms with Gasteiger partial charge in [-0.2, -0.15) is 0 Å². The van der Waals surface area contributed by atoms with E-state index in [0.717, 1.165) is 5.69 Å². The molecule has 0 radical (unpaired) electrons. The van der Waals surface area contributed by atoms with Crippen LogP contribution in [-0.2, 0) is 0 Å². The van der Waals surface area contributed by atoms with Crippen LogP contribution in [0.5, 0.6) is 0 Å². The van der Waals surface area contributed by atoms with E-state index in [9.17, 15) is 0 Å². The summed E-state index contributed by atoms with van der Waals surface area (Å²) in [5.74, 6) is 0.594. The Kier molecular flexibility index (Phi) is 4.67. The predicted octanol–water partition coefficient (Wildman–Crippen LogP) is 4.26. The zero-order chi connectivity index (χ0) is 11.3. The first-order valence-corrected chi connectivity index (χ1v) is 6.01. The van der Waals surface area contributed by atoms with Crippen LogP contribution in [0, 0.1) is 6.92 Å². The molecule has 1 aromatic rings. The van der Waals surface area contributed by atoms with E-state index in [1.54, 1.807) is 0 Å². The van der Waals surface area contributed by atoms with E-state index < -0.39 is 0 Å². The fourth-order valence-corrected chi connectivity index (χ4v) is 1.98. The van der Waals surface area contributed by atoms with Crippen molar-refractivity contribution < 1.29 is 0 Å². The lowest BCUT2D eigenvalue weighted by Gasteiger charge is -2.14. The quantitative estimate of drug-likeness (QED) is 0.564. The van der Waals surface area contributed by atoms with Gasteiger partial charge in [0, 0.05) is 5.69 Å². The van der Waals surface area contributed by atoms with E-state index in [1.165, 1.54) is 36.8 Å². The molecule has 0 aliphatic carbocycles. The Morgan fingerprint density at radius 1 is 1.27 bits per heavy atom. The van der Waals surface area contributed by atoms with E-state index in [0.29, 0.717) is 5.92 Å². The Hall–Kier alpha value is -0.980. The molecule has 2 N–H and O–H groups in total. The minimum Gasteiger partial charge on any atom is -0.398 e. The number of unbranched alkanes of at least 4 members (excludes halogenated alkanes) is 2. The molecule has 0 fully saturated rings. The molecule has 1 atom stereocenters. The minimum atomic E-state index is 0.594. The van der Waals surface area contributed by atoms with Gasteiger partial charge >= 0.3 is 0 Å². The number of nitrogen functional groups attached to an aromatic ring is 1. The molecule has 0 spiro atoms. The van der Waals surface area contributed by atoms with Crippen LogP contribution in [0.15, 0.2) is 18.2 Å². The molecule has 84 valence electrons. The van der Waals surface area contributed by atoms with Crippen LogP contribution in [0.4, 0.5) is 5.69 Å². The Bertz CT molecular complexity index is 304. The summed E-state index contributed by atoms with van der Waals surface area (Å²) in [5.41, 5.74) is 9.58. The number of hydrogen-bond donors (Lipinski definition) is 1. The fourth-order valence-electron chi connectivity index (χ4n) is 1.98. The second-order valence-electron chi connectivity index (χ2n) is 4.53. The van der Waals surface area contributed by atoms with Gasteiger partial charge in [0.1, 0.15) is 0 Å². The summed E-state index contributed by atoms with van der Waals surface area (Å²) in [6, 6.07) is 6.34. The highest BCUT2D eigenvalue weighted by Gasteiger charge is 2.08. The smallest absolute Gasteiger partial charge is 0.0349 e. The first-order chi connectivity index (χ1) is 7.15. The van der Waals surface area contributed by atoms with Crippen molar-refractivity contribution in [3.05, 3.63) is 29.3 Å². The lowest BCUT2D eigenvalue weighted by atomic mass is 9.92. The van der Waals surface area contributed by atoms with Crippen molar-refractivity contribution in [1.82, 2.24) is 0 Å². The first-order valence-electron chi connectivity index (χ1n) is 6.01. The minimum absolute atomic E-state index is 0.594. The first kappa shape index (κ1) is 12.1. The third kappa shape index (κ3) is 3.58. The molecule has 0 aromatic heterocycles. The zero-order valence-electron chi connectivity index (χ0n) is 10.2. The van der Waals surface area contributed by atoms with Gasteiger partial charge in [-0.15, -0.1) is 0 Å². The van der Waals surface area contributed by atoms with Gasteiger partial charge in [0.05, 0.1) is 0 Å². The van der Waals surface area contributed by atoms with Crippen LogP contribution >= 0.6 is 0 Å². The van der Waals surface area contributed by atoms with Gasteiger partial charge in [0.15, 0.2) is 0 Å². The van der Waals surface area contributed by atoms with Gasteiger partial charge in [-0.05, 0) is 30.9 Å². The summed E-state index contributed by atoms with van der Waals surface area (Å²) < 4.78 is 0. The molecule has 0 heterocycles. The number of aryl methyl sites for hydroxylation is 1. The summed E-state index contributed by atoms with van der Waals surface area (Å²) in [4.78, 5) is 0. The van der Waals surface area contributed by atoms with Gasteiger partial charge in [0.2, 0.25) is 0 Å². The summed E-state index contributed by atoms with van der Waals surface area (Å²) in [6.07, 6.45) is 5.18. The topological polar surface area (TPSA) is 26.0 Å². The third-order valence-electron chi connectivity index (χ3n) is 3.01. The van der Waals surface area contributed by atoms with Crippen molar-refractivity contribution in [2.45, 2.75) is 52.4 Å². The predicted molar refractivity (Wildman–Crippen MR) is 68.1 cm³/mol. The largest absolute Gasteiger partial charge is 0.398 e. The fraction of sp³-hybridized carbons (Fsp3) is 0.571. The van der Waals surface area contributed by atoms with Crippen molar-refractivity contribution in [1.29, 1.82) is 0 Å². The van der Waals surface area contributed by atoms with Gasteiger partial charge in [-0.1, -0.05) is 50.8 Å². The lowest BCUT2D eigenvalue weighted by Crippen LogP contribution is -2.00. The van der Waals surface area contributed by atoms with Crippen molar-refractivity contribution in [2.24, 2.45) is 0 Å². The zero-order valence-corrected chi connectivity index (χ0v) is 10.2. The number of anilines is 1. The molecule has 0 aliphatic rings. The Balaban J connectivity index is 2.64. The highest BCUT2D eigenvalue weighted by Crippen LogP contribution is 2.27. The maximum atomic E-state index is 5.99. The molecule has 0 bridgehead atoms. The molecule has 1 aromatic carbocycles. The van der Waals surface area contributed by atoms with Crippen LogP contribution in [0.3, 0.4) is 0 Å². The van der Waals surface area contributed by atoms with E-state index in [2.05, 4.69) is 32.9 Å². The molecule has 1 heteroatoms. The SMILES string of the molecule is CCCCCC(C)c1cc(C)ccc1N.